The van der Waals surface area contributed by atoms with E-state index >= 15 is 0 Å². The van der Waals surface area contributed by atoms with Crippen molar-refractivity contribution in [3.05, 3.63) is 59.4 Å². The van der Waals surface area contributed by atoms with Crippen LogP contribution in [0.5, 0.6) is 0 Å². The molecule has 6 heteroatoms. The van der Waals surface area contributed by atoms with Gasteiger partial charge in [-0.15, -0.1) is 0 Å². The molecule has 1 atom stereocenters. The Balaban J connectivity index is 1.69. The molecule has 1 fully saturated rings. The molecule has 2 aromatic carbocycles. The van der Waals surface area contributed by atoms with E-state index in [0.29, 0.717) is 19.6 Å². The van der Waals surface area contributed by atoms with Crippen LogP contribution in [0.25, 0.3) is 11.0 Å². The third-order valence-corrected chi connectivity index (χ3v) is 5.41. The van der Waals surface area contributed by atoms with E-state index in [1.807, 2.05) is 59.7 Å². The normalized spacial score (nSPS) is 16.6. The zero-order chi connectivity index (χ0) is 20.5. The Labute approximate surface area is 170 Å². The molecule has 0 aliphatic carbocycles. The summed E-state index contributed by atoms with van der Waals surface area (Å²) in [6.45, 7) is 6.85. The van der Waals surface area contributed by atoms with E-state index < -0.39 is 0 Å². The van der Waals surface area contributed by atoms with Gasteiger partial charge in [-0.3, -0.25) is 9.59 Å². The fourth-order valence-corrected chi connectivity index (χ4v) is 4.13. The Morgan fingerprint density at radius 3 is 2.76 bits per heavy atom. The molecule has 29 heavy (non-hydrogen) atoms. The lowest BCUT2D eigenvalue weighted by Crippen LogP contribution is -2.25. The topological polar surface area (TPSA) is 64.4 Å². The predicted octanol–water partition coefficient (Wildman–Crippen LogP) is 3.74. The van der Waals surface area contributed by atoms with Crippen LogP contribution in [-0.4, -0.2) is 34.6 Å². The summed E-state index contributed by atoms with van der Waals surface area (Å²) in [5, 5.41) is 0. The van der Waals surface area contributed by atoms with Crippen molar-refractivity contribution in [2.24, 2.45) is 0 Å². The third kappa shape index (κ3) is 3.62. The van der Waals surface area contributed by atoms with Crippen LogP contribution < -0.4 is 4.90 Å². The van der Waals surface area contributed by atoms with Crippen molar-refractivity contribution >= 4 is 28.6 Å². The van der Waals surface area contributed by atoms with E-state index in [4.69, 9.17) is 9.72 Å². The lowest BCUT2D eigenvalue weighted by Gasteiger charge is -2.20. The number of hydrogen-bond acceptors (Lipinski definition) is 4. The minimum atomic E-state index is -0.299. The maximum atomic E-state index is 12.8. The Bertz CT molecular complexity index is 1090. The molecule has 6 nitrogen and oxygen atoms in total. The molecule has 0 unspecified atom stereocenters. The van der Waals surface area contributed by atoms with Gasteiger partial charge < -0.3 is 14.2 Å². The number of esters is 1. The first kappa shape index (κ1) is 19.2. The molecule has 0 radical (unpaired) electrons. The molecular formula is C23H25N3O3. The second kappa shape index (κ2) is 7.70. The van der Waals surface area contributed by atoms with Crippen molar-refractivity contribution in [2.45, 2.75) is 39.7 Å². The molecule has 1 amide bonds. The molecule has 1 aromatic heterocycles. The second-order valence-corrected chi connectivity index (χ2v) is 7.55. The van der Waals surface area contributed by atoms with Crippen LogP contribution in [0.2, 0.25) is 0 Å². The van der Waals surface area contributed by atoms with Crippen molar-refractivity contribution in [1.29, 1.82) is 0 Å². The number of amides is 1. The molecule has 150 valence electrons. The molecule has 0 saturated carbocycles. The minimum Gasteiger partial charge on any atom is -0.465 e. The molecule has 1 saturated heterocycles. The van der Waals surface area contributed by atoms with E-state index in [-0.39, 0.29) is 24.3 Å². The number of benzene rings is 2. The van der Waals surface area contributed by atoms with Crippen molar-refractivity contribution in [3.63, 3.8) is 0 Å². The summed E-state index contributed by atoms with van der Waals surface area (Å²) in [4.78, 5) is 31.7. The largest absolute Gasteiger partial charge is 0.465 e. The number of fused-ring (bicyclic) bond motifs is 1. The quantitative estimate of drug-likeness (QED) is 0.622. The van der Waals surface area contributed by atoms with Gasteiger partial charge in [-0.2, -0.15) is 0 Å². The number of imidazole rings is 1. The van der Waals surface area contributed by atoms with Crippen LogP contribution in [0.4, 0.5) is 5.69 Å². The van der Waals surface area contributed by atoms with Crippen LogP contribution in [0.15, 0.2) is 42.5 Å². The second-order valence-electron chi connectivity index (χ2n) is 7.55. The SMILES string of the molecule is CCOC(=O)Cn1c([C@H]2CC(=O)N(c3ccc(C)cc3C)C2)nc2ccccc21. The first-order valence-electron chi connectivity index (χ1n) is 9.96. The number of nitrogens with zero attached hydrogens (tertiary/aromatic N) is 3. The molecular weight excluding hydrogens is 366 g/mol. The Kier molecular flexibility index (Phi) is 5.09. The standard InChI is InChI=1S/C23H25N3O3/c1-4-29-22(28)14-26-20-8-6-5-7-18(20)24-23(26)17-12-21(27)25(13-17)19-10-9-15(2)11-16(19)3/h5-11,17H,4,12-14H2,1-3H3/t17-/m0/s1. The Hall–Kier alpha value is -3.15. The van der Waals surface area contributed by atoms with E-state index in [0.717, 1.165) is 28.1 Å². The number of aryl methyl sites for hydroxylation is 2. The van der Waals surface area contributed by atoms with Gasteiger partial charge in [0.05, 0.1) is 17.6 Å². The van der Waals surface area contributed by atoms with E-state index in [9.17, 15) is 9.59 Å². The smallest absolute Gasteiger partial charge is 0.326 e. The number of hydrogen-bond donors (Lipinski definition) is 0. The van der Waals surface area contributed by atoms with E-state index in [1.165, 1.54) is 5.56 Å². The first-order chi connectivity index (χ1) is 14.0. The van der Waals surface area contributed by atoms with Gasteiger partial charge >= 0.3 is 5.97 Å². The summed E-state index contributed by atoms with van der Waals surface area (Å²) in [7, 11) is 0. The summed E-state index contributed by atoms with van der Waals surface area (Å²) in [6.07, 6.45) is 0.374. The van der Waals surface area contributed by atoms with Gasteiger partial charge in [-0.05, 0) is 44.5 Å². The number of anilines is 1. The number of carbonyl (C=O) groups excluding carboxylic acids is 2. The average Bonchev–Trinajstić information content (AvgIpc) is 3.23. The summed E-state index contributed by atoms with van der Waals surface area (Å²) in [5.41, 5.74) is 4.90. The molecule has 4 rings (SSSR count). The number of aromatic nitrogens is 2. The summed E-state index contributed by atoms with van der Waals surface area (Å²) >= 11 is 0. The maximum Gasteiger partial charge on any atom is 0.326 e. The fraction of sp³-hybridized carbons (Fsp3) is 0.348. The molecule has 1 aliphatic rings. The maximum absolute atomic E-state index is 12.8. The summed E-state index contributed by atoms with van der Waals surface area (Å²) in [5.74, 6) is 0.467. The van der Waals surface area contributed by atoms with Gasteiger partial charge in [0.15, 0.2) is 0 Å². The van der Waals surface area contributed by atoms with E-state index in [2.05, 4.69) is 6.07 Å². The molecule has 0 bridgehead atoms. The highest BCUT2D eigenvalue weighted by molar-refractivity contribution is 5.97. The van der Waals surface area contributed by atoms with Crippen molar-refractivity contribution in [2.75, 3.05) is 18.1 Å². The molecule has 2 heterocycles. The minimum absolute atomic E-state index is 0.0787. The molecule has 1 aliphatic heterocycles. The van der Waals surface area contributed by atoms with Gasteiger partial charge in [0.25, 0.3) is 0 Å². The Morgan fingerprint density at radius 2 is 2.00 bits per heavy atom. The van der Waals surface area contributed by atoms with Gasteiger partial charge in [0, 0.05) is 24.6 Å². The van der Waals surface area contributed by atoms with Gasteiger partial charge in [-0.1, -0.05) is 29.8 Å². The van der Waals surface area contributed by atoms with Crippen LogP contribution >= 0.6 is 0 Å². The average molecular weight is 391 g/mol. The fourth-order valence-electron chi connectivity index (χ4n) is 4.13. The highest BCUT2D eigenvalue weighted by Gasteiger charge is 2.35. The van der Waals surface area contributed by atoms with Crippen molar-refractivity contribution < 1.29 is 14.3 Å². The van der Waals surface area contributed by atoms with Crippen molar-refractivity contribution in [1.82, 2.24) is 9.55 Å². The highest BCUT2D eigenvalue weighted by atomic mass is 16.5. The molecule has 3 aromatic rings. The van der Waals surface area contributed by atoms with Crippen LogP contribution in [0.1, 0.15) is 36.2 Å². The Morgan fingerprint density at radius 1 is 1.21 bits per heavy atom. The lowest BCUT2D eigenvalue weighted by molar-refractivity contribution is -0.143. The number of rotatable bonds is 5. The van der Waals surface area contributed by atoms with Crippen LogP contribution in [0, 0.1) is 13.8 Å². The zero-order valence-electron chi connectivity index (χ0n) is 17.0. The number of carbonyl (C=O) groups is 2. The summed E-state index contributed by atoms with van der Waals surface area (Å²) in [6, 6.07) is 13.9. The predicted molar refractivity (Wildman–Crippen MR) is 112 cm³/mol. The van der Waals surface area contributed by atoms with Gasteiger partial charge in [0.2, 0.25) is 5.91 Å². The number of para-hydroxylation sites is 2. The van der Waals surface area contributed by atoms with Crippen LogP contribution in [-0.2, 0) is 20.9 Å². The van der Waals surface area contributed by atoms with E-state index in [1.54, 1.807) is 6.92 Å². The summed E-state index contributed by atoms with van der Waals surface area (Å²) < 4.78 is 7.05. The lowest BCUT2D eigenvalue weighted by atomic mass is 10.1. The van der Waals surface area contributed by atoms with Gasteiger partial charge in [0.1, 0.15) is 12.4 Å². The zero-order valence-corrected chi connectivity index (χ0v) is 17.0. The monoisotopic (exact) mass is 391 g/mol. The molecule has 0 spiro atoms. The first-order valence-corrected chi connectivity index (χ1v) is 9.96. The van der Waals surface area contributed by atoms with Gasteiger partial charge in [-0.25, -0.2) is 4.98 Å². The molecule has 0 N–H and O–H groups in total. The van der Waals surface area contributed by atoms with Crippen LogP contribution in [0.3, 0.4) is 0 Å². The van der Waals surface area contributed by atoms with Crippen molar-refractivity contribution in [3.8, 4) is 0 Å². The third-order valence-electron chi connectivity index (χ3n) is 5.41. The highest BCUT2D eigenvalue weighted by Crippen LogP contribution is 2.34. The number of ether oxygens (including phenoxy) is 1.